The Balaban J connectivity index is 2.41. The van der Waals surface area contributed by atoms with Crippen molar-refractivity contribution in [2.45, 2.75) is 26.8 Å². The quantitative estimate of drug-likeness (QED) is 0.664. The molecule has 0 aliphatic heterocycles. The van der Waals surface area contributed by atoms with Crippen molar-refractivity contribution in [3.63, 3.8) is 0 Å². The average molecular weight is 252 g/mol. The first-order valence-corrected chi connectivity index (χ1v) is 6.60. The number of hydrogen-bond acceptors (Lipinski definition) is 2. The van der Waals surface area contributed by atoms with E-state index in [1.165, 1.54) is 10.9 Å². The molecule has 1 aromatic carbocycles. The summed E-state index contributed by atoms with van der Waals surface area (Å²) in [6, 6.07) is 10.2. The molecule has 0 fully saturated rings. The molecule has 0 radical (unpaired) electrons. The standard InChI is InChI=1S/C16H16N2O/c1-3-8-18-15-7-5-4-6-12(15)13-9-14(11(2)19)17-10-16(13)18/h4-7,9-10H,3,8H2,1-2H3. The maximum Gasteiger partial charge on any atom is 0.178 e. The van der Waals surface area contributed by atoms with E-state index in [0.29, 0.717) is 5.69 Å². The van der Waals surface area contributed by atoms with Crippen LogP contribution in [0, 0.1) is 0 Å². The van der Waals surface area contributed by atoms with Crippen LogP contribution in [0.3, 0.4) is 0 Å². The third-order valence-electron chi connectivity index (χ3n) is 3.47. The molecular weight excluding hydrogens is 236 g/mol. The van der Waals surface area contributed by atoms with Crippen LogP contribution in [-0.4, -0.2) is 15.3 Å². The molecule has 0 spiro atoms. The smallest absolute Gasteiger partial charge is 0.178 e. The molecule has 0 aliphatic rings. The predicted molar refractivity (Wildman–Crippen MR) is 77.5 cm³/mol. The van der Waals surface area contributed by atoms with Gasteiger partial charge in [-0.2, -0.15) is 0 Å². The monoisotopic (exact) mass is 252 g/mol. The largest absolute Gasteiger partial charge is 0.339 e. The van der Waals surface area contributed by atoms with Crippen LogP contribution in [-0.2, 0) is 6.54 Å². The Kier molecular flexibility index (Phi) is 2.82. The molecule has 0 N–H and O–H groups in total. The molecular formula is C16H16N2O. The molecule has 3 aromatic rings. The first-order valence-electron chi connectivity index (χ1n) is 6.60. The zero-order valence-electron chi connectivity index (χ0n) is 11.2. The van der Waals surface area contributed by atoms with Gasteiger partial charge in [-0.25, -0.2) is 0 Å². The van der Waals surface area contributed by atoms with Crippen molar-refractivity contribution in [2.75, 3.05) is 0 Å². The van der Waals surface area contributed by atoms with E-state index >= 15 is 0 Å². The number of para-hydroxylation sites is 1. The van der Waals surface area contributed by atoms with E-state index in [2.05, 4.69) is 28.6 Å². The Bertz CT molecular complexity index is 771. The minimum atomic E-state index is 0.00854. The lowest BCUT2D eigenvalue weighted by molar-refractivity contribution is 0.101. The van der Waals surface area contributed by atoms with Crippen molar-refractivity contribution in [2.24, 2.45) is 0 Å². The van der Waals surface area contributed by atoms with E-state index in [9.17, 15) is 4.79 Å². The third kappa shape index (κ3) is 1.82. The number of nitrogens with zero attached hydrogens (tertiary/aromatic N) is 2. The Morgan fingerprint density at radius 1 is 1.21 bits per heavy atom. The van der Waals surface area contributed by atoms with E-state index in [4.69, 9.17) is 0 Å². The number of carbonyl (C=O) groups is 1. The van der Waals surface area contributed by atoms with Crippen LogP contribution in [0.15, 0.2) is 36.5 Å². The third-order valence-corrected chi connectivity index (χ3v) is 3.47. The second kappa shape index (κ2) is 4.50. The Morgan fingerprint density at radius 3 is 2.74 bits per heavy atom. The maximum atomic E-state index is 11.5. The van der Waals surface area contributed by atoms with Gasteiger partial charge in [0.15, 0.2) is 5.78 Å². The van der Waals surface area contributed by atoms with Crippen molar-refractivity contribution in [1.82, 2.24) is 9.55 Å². The molecule has 0 unspecified atom stereocenters. The summed E-state index contributed by atoms with van der Waals surface area (Å²) in [6.07, 6.45) is 2.89. The Hall–Kier alpha value is -2.16. The number of rotatable bonds is 3. The Morgan fingerprint density at radius 2 is 2.00 bits per heavy atom. The zero-order valence-corrected chi connectivity index (χ0v) is 11.2. The number of Topliss-reactive ketones (excluding diaryl/α,β-unsaturated/α-hetero) is 1. The lowest BCUT2D eigenvalue weighted by atomic mass is 10.1. The highest BCUT2D eigenvalue weighted by Crippen LogP contribution is 2.29. The van der Waals surface area contributed by atoms with Gasteiger partial charge in [-0.1, -0.05) is 25.1 Å². The van der Waals surface area contributed by atoms with Crippen LogP contribution < -0.4 is 0 Å². The molecule has 0 saturated heterocycles. The molecule has 3 rings (SSSR count). The second-order valence-corrected chi connectivity index (χ2v) is 4.81. The topological polar surface area (TPSA) is 34.9 Å². The van der Waals surface area contributed by atoms with Crippen LogP contribution in [0.25, 0.3) is 21.8 Å². The molecule has 0 amide bonds. The molecule has 2 heterocycles. The van der Waals surface area contributed by atoms with Crippen molar-refractivity contribution >= 4 is 27.6 Å². The molecule has 0 bridgehead atoms. The molecule has 3 nitrogen and oxygen atoms in total. The summed E-state index contributed by atoms with van der Waals surface area (Å²) in [5, 5.41) is 2.31. The number of fused-ring (bicyclic) bond motifs is 3. The van der Waals surface area contributed by atoms with Crippen molar-refractivity contribution in [1.29, 1.82) is 0 Å². The number of aryl methyl sites for hydroxylation is 1. The number of pyridine rings is 1. The van der Waals surface area contributed by atoms with Gasteiger partial charge >= 0.3 is 0 Å². The first kappa shape index (κ1) is 11.9. The first-order chi connectivity index (χ1) is 9.22. The fourth-order valence-electron chi connectivity index (χ4n) is 2.60. The highest BCUT2D eigenvalue weighted by Gasteiger charge is 2.12. The summed E-state index contributed by atoms with van der Waals surface area (Å²) < 4.78 is 2.28. The molecule has 0 aliphatic carbocycles. The van der Waals surface area contributed by atoms with Crippen LogP contribution in [0.4, 0.5) is 0 Å². The van der Waals surface area contributed by atoms with Crippen LogP contribution in [0.2, 0.25) is 0 Å². The number of carbonyl (C=O) groups excluding carboxylic acids is 1. The molecule has 0 saturated carbocycles. The van der Waals surface area contributed by atoms with Gasteiger partial charge in [0.05, 0.1) is 11.7 Å². The summed E-state index contributed by atoms with van der Waals surface area (Å²) in [5.41, 5.74) is 2.85. The molecule has 96 valence electrons. The number of hydrogen-bond donors (Lipinski definition) is 0. The summed E-state index contributed by atoms with van der Waals surface area (Å²) in [5.74, 6) is 0.00854. The maximum absolute atomic E-state index is 11.5. The fourth-order valence-corrected chi connectivity index (χ4v) is 2.60. The van der Waals surface area contributed by atoms with E-state index < -0.39 is 0 Å². The van der Waals surface area contributed by atoms with Gasteiger partial charge in [0.2, 0.25) is 0 Å². The molecule has 0 atom stereocenters. The summed E-state index contributed by atoms with van der Waals surface area (Å²) >= 11 is 0. The van der Waals surface area contributed by atoms with Crippen LogP contribution >= 0.6 is 0 Å². The normalized spacial score (nSPS) is 11.3. The lowest BCUT2D eigenvalue weighted by Gasteiger charge is -2.04. The van der Waals surface area contributed by atoms with Crippen molar-refractivity contribution < 1.29 is 4.79 Å². The second-order valence-electron chi connectivity index (χ2n) is 4.81. The van der Waals surface area contributed by atoms with E-state index in [1.807, 2.05) is 24.4 Å². The molecule has 2 aromatic heterocycles. The number of ketones is 1. The summed E-state index contributed by atoms with van der Waals surface area (Å²) in [7, 11) is 0. The van der Waals surface area contributed by atoms with Gasteiger partial charge < -0.3 is 4.57 Å². The summed E-state index contributed by atoms with van der Waals surface area (Å²) in [4.78, 5) is 15.8. The summed E-state index contributed by atoms with van der Waals surface area (Å²) in [6.45, 7) is 4.68. The van der Waals surface area contributed by atoms with Gasteiger partial charge in [0, 0.05) is 29.8 Å². The van der Waals surface area contributed by atoms with E-state index in [1.54, 1.807) is 6.92 Å². The highest BCUT2D eigenvalue weighted by atomic mass is 16.1. The zero-order chi connectivity index (χ0) is 13.4. The predicted octanol–water partition coefficient (Wildman–Crippen LogP) is 3.80. The lowest BCUT2D eigenvalue weighted by Crippen LogP contribution is -1.98. The Labute approximate surface area is 111 Å². The van der Waals surface area contributed by atoms with Gasteiger partial charge in [0.1, 0.15) is 5.69 Å². The van der Waals surface area contributed by atoms with Crippen LogP contribution in [0.1, 0.15) is 30.8 Å². The molecule has 3 heteroatoms. The average Bonchev–Trinajstić information content (AvgIpc) is 2.74. The van der Waals surface area contributed by atoms with Crippen molar-refractivity contribution in [3.8, 4) is 0 Å². The van der Waals surface area contributed by atoms with Gasteiger partial charge in [-0.3, -0.25) is 9.78 Å². The van der Waals surface area contributed by atoms with E-state index in [0.717, 1.165) is 23.9 Å². The molecule has 19 heavy (non-hydrogen) atoms. The fraction of sp³-hybridized carbons (Fsp3) is 0.250. The van der Waals surface area contributed by atoms with Crippen LogP contribution in [0.5, 0.6) is 0 Å². The minimum Gasteiger partial charge on any atom is -0.339 e. The number of benzene rings is 1. The minimum absolute atomic E-state index is 0.00854. The highest BCUT2D eigenvalue weighted by molar-refractivity contribution is 6.09. The van der Waals surface area contributed by atoms with Crippen molar-refractivity contribution in [3.05, 3.63) is 42.2 Å². The van der Waals surface area contributed by atoms with Gasteiger partial charge in [-0.15, -0.1) is 0 Å². The van der Waals surface area contributed by atoms with E-state index in [-0.39, 0.29) is 5.78 Å². The van der Waals surface area contributed by atoms with Gasteiger partial charge in [0.25, 0.3) is 0 Å². The SMILES string of the molecule is CCCn1c2ccccc2c2cc(C(C)=O)ncc21. The number of aromatic nitrogens is 2. The van der Waals surface area contributed by atoms with Gasteiger partial charge in [-0.05, 0) is 18.6 Å².